The summed E-state index contributed by atoms with van der Waals surface area (Å²) in [5, 5.41) is 0. The Morgan fingerprint density at radius 2 is 1.00 bits per heavy atom. The standard InChI is InChI=1S/C36H50O/c1-7-27-9-13-29(14-10-27)31-17-21-33(22-18-31)35(25(3)4)37-36(26(5)6)34-23-19-32(20-24-34)30-15-11-28(8-2)12-16-30/h9-16,21,23,25-26,31-32,35-36H,7-8,17-20,22,24H2,1-6H3. The molecular weight excluding hydrogens is 448 g/mol. The zero-order valence-corrected chi connectivity index (χ0v) is 24.3. The van der Waals surface area contributed by atoms with Crippen LogP contribution in [0.3, 0.4) is 0 Å². The Bertz CT molecular complexity index is 952. The number of ether oxygens (including phenoxy) is 1. The predicted molar refractivity (Wildman–Crippen MR) is 159 cm³/mol. The maximum absolute atomic E-state index is 7.06. The Hall–Kier alpha value is -2.12. The first kappa shape index (κ1) is 27.9. The second-order valence-corrected chi connectivity index (χ2v) is 12.2. The van der Waals surface area contributed by atoms with E-state index in [1.54, 1.807) is 0 Å². The lowest BCUT2D eigenvalue weighted by Crippen LogP contribution is -2.34. The van der Waals surface area contributed by atoms with Crippen LogP contribution in [0.15, 0.2) is 71.8 Å². The molecule has 0 spiro atoms. The van der Waals surface area contributed by atoms with Gasteiger partial charge in [0.25, 0.3) is 0 Å². The number of hydrogen-bond acceptors (Lipinski definition) is 1. The minimum atomic E-state index is 0.219. The third-order valence-corrected chi connectivity index (χ3v) is 8.85. The van der Waals surface area contributed by atoms with E-state index in [9.17, 15) is 0 Å². The molecule has 1 nitrogen and oxygen atoms in total. The van der Waals surface area contributed by atoms with Crippen LogP contribution < -0.4 is 0 Å². The van der Waals surface area contributed by atoms with Crippen molar-refractivity contribution < 1.29 is 4.74 Å². The first-order valence-electron chi connectivity index (χ1n) is 15.1. The zero-order valence-electron chi connectivity index (χ0n) is 24.3. The van der Waals surface area contributed by atoms with Gasteiger partial charge in [-0.15, -0.1) is 0 Å². The maximum atomic E-state index is 7.06. The van der Waals surface area contributed by atoms with Crippen LogP contribution >= 0.6 is 0 Å². The van der Waals surface area contributed by atoms with Crippen LogP contribution in [0, 0.1) is 11.8 Å². The molecule has 0 amide bonds. The van der Waals surface area contributed by atoms with Gasteiger partial charge in [-0.1, -0.05) is 102 Å². The summed E-state index contributed by atoms with van der Waals surface area (Å²) < 4.78 is 7.06. The Labute approximate surface area is 227 Å². The van der Waals surface area contributed by atoms with Gasteiger partial charge in [0.05, 0.1) is 12.2 Å². The minimum Gasteiger partial charge on any atom is -0.366 e. The molecule has 2 aliphatic rings. The van der Waals surface area contributed by atoms with E-state index in [0.29, 0.717) is 23.7 Å². The summed E-state index contributed by atoms with van der Waals surface area (Å²) in [5.41, 5.74) is 8.93. The molecule has 4 rings (SSSR count). The molecular formula is C36H50O. The molecule has 0 bridgehead atoms. The molecule has 37 heavy (non-hydrogen) atoms. The van der Waals surface area contributed by atoms with Gasteiger partial charge in [0, 0.05) is 0 Å². The topological polar surface area (TPSA) is 9.23 Å². The molecule has 4 atom stereocenters. The van der Waals surface area contributed by atoms with Crippen molar-refractivity contribution in [2.24, 2.45) is 11.8 Å². The summed E-state index contributed by atoms with van der Waals surface area (Å²) in [5.74, 6) is 2.27. The molecule has 0 aliphatic heterocycles. The summed E-state index contributed by atoms with van der Waals surface area (Å²) in [6.07, 6.45) is 14.8. The van der Waals surface area contributed by atoms with Crippen LogP contribution in [0.25, 0.3) is 0 Å². The molecule has 2 aliphatic carbocycles. The van der Waals surface area contributed by atoms with Crippen LogP contribution in [-0.2, 0) is 17.6 Å². The Morgan fingerprint density at radius 3 is 1.27 bits per heavy atom. The highest BCUT2D eigenvalue weighted by molar-refractivity contribution is 5.30. The Kier molecular flexibility index (Phi) is 9.88. The molecule has 2 aromatic carbocycles. The number of allylic oxidation sites excluding steroid dienone is 2. The summed E-state index contributed by atoms with van der Waals surface area (Å²) in [6.45, 7) is 13.8. The highest BCUT2D eigenvalue weighted by Crippen LogP contribution is 2.39. The van der Waals surface area contributed by atoms with E-state index in [0.717, 1.165) is 38.5 Å². The second kappa shape index (κ2) is 13.1. The molecule has 1 heteroatoms. The molecule has 0 saturated heterocycles. The molecule has 2 aromatic rings. The fraction of sp³-hybridized carbons (Fsp3) is 0.556. The second-order valence-electron chi connectivity index (χ2n) is 12.2. The number of benzene rings is 2. The van der Waals surface area contributed by atoms with E-state index in [2.05, 4.69) is 102 Å². The van der Waals surface area contributed by atoms with Crippen LogP contribution in [0.4, 0.5) is 0 Å². The van der Waals surface area contributed by atoms with Gasteiger partial charge in [-0.25, -0.2) is 0 Å². The summed E-state index contributed by atoms with van der Waals surface area (Å²) in [6, 6.07) is 18.7. The SMILES string of the molecule is CCc1ccc(C2CC=C(C(OC(C3=CCC(c4ccc(CC)cc4)CC3)C(C)C)C(C)C)CC2)cc1. The molecule has 0 N–H and O–H groups in total. The number of rotatable bonds is 10. The largest absolute Gasteiger partial charge is 0.366 e. The monoisotopic (exact) mass is 498 g/mol. The van der Waals surface area contributed by atoms with Crippen molar-refractivity contribution in [3.8, 4) is 0 Å². The molecule has 0 aromatic heterocycles. The van der Waals surface area contributed by atoms with E-state index in [-0.39, 0.29) is 12.2 Å². The van der Waals surface area contributed by atoms with Crippen molar-refractivity contribution in [1.82, 2.24) is 0 Å². The molecule has 200 valence electrons. The summed E-state index contributed by atoms with van der Waals surface area (Å²) >= 11 is 0. The quantitative estimate of drug-likeness (QED) is 0.296. The molecule has 0 radical (unpaired) electrons. The lowest BCUT2D eigenvalue weighted by molar-refractivity contribution is -0.0228. The lowest BCUT2D eigenvalue weighted by atomic mass is 9.80. The van der Waals surface area contributed by atoms with Gasteiger partial charge in [-0.05, 0) is 108 Å². The average Bonchev–Trinajstić information content (AvgIpc) is 2.93. The van der Waals surface area contributed by atoms with Gasteiger partial charge >= 0.3 is 0 Å². The van der Waals surface area contributed by atoms with Crippen molar-refractivity contribution in [3.63, 3.8) is 0 Å². The van der Waals surface area contributed by atoms with Gasteiger partial charge in [-0.3, -0.25) is 0 Å². The van der Waals surface area contributed by atoms with Crippen molar-refractivity contribution in [1.29, 1.82) is 0 Å². The molecule has 4 unspecified atom stereocenters. The molecule has 0 fully saturated rings. The van der Waals surface area contributed by atoms with Gasteiger partial charge in [0.15, 0.2) is 0 Å². The third kappa shape index (κ3) is 7.05. The fourth-order valence-corrected chi connectivity index (χ4v) is 6.39. The smallest absolute Gasteiger partial charge is 0.0816 e. The number of aryl methyl sites for hydroxylation is 2. The van der Waals surface area contributed by atoms with E-state index in [1.165, 1.54) is 46.2 Å². The predicted octanol–water partition coefficient (Wildman–Crippen LogP) is 9.97. The van der Waals surface area contributed by atoms with Gasteiger partial charge in [-0.2, -0.15) is 0 Å². The summed E-state index contributed by atoms with van der Waals surface area (Å²) in [4.78, 5) is 0. The van der Waals surface area contributed by atoms with Crippen LogP contribution in [0.2, 0.25) is 0 Å². The van der Waals surface area contributed by atoms with E-state index in [4.69, 9.17) is 4.74 Å². The highest BCUT2D eigenvalue weighted by Gasteiger charge is 2.31. The van der Waals surface area contributed by atoms with Gasteiger partial charge < -0.3 is 4.74 Å². The normalized spacial score (nSPS) is 22.1. The average molecular weight is 499 g/mol. The first-order valence-corrected chi connectivity index (χ1v) is 15.1. The van der Waals surface area contributed by atoms with Gasteiger partial charge in [0.2, 0.25) is 0 Å². The number of hydrogen-bond donors (Lipinski definition) is 0. The van der Waals surface area contributed by atoms with E-state index >= 15 is 0 Å². The maximum Gasteiger partial charge on any atom is 0.0816 e. The van der Waals surface area contributed by atoms with Gasteiger partial charge in [0.1, 0.15) is 0 Å². The van der Waals surface area contributed by atoms with E-state index < -0.39 is 0 Å². The van der Waals surface area contributed by atoms with Crippen LogP contribution in [0.5, 0.6) is 0 Å². The van der Waals surface area contributed by atoms with Crippen molar-refractivity contribution >= 4 is 0 Å². The Balaban J connectivity index is 1.42. The van der Waals surface area contributed by atoms with E-state index in [1.807, 2.05) is 0 Å². The fourth-order valence-electron chi connectivity index (χ4n) is 6.39. The minimum absolute atomic E-state index is 0.219. The molecule has 0 heterocycles. The van der Waals surface area contributed by atoms with Crippen LogP contribution in [-0.4, -0.2) is 12.2 Å². The van der Waals surface area contributed by atoms with Crippen molar-refractivity contribution in [2.45, 2.75) is 117 Å². The third-order valence-electron chi connectivity index (χ3n) is 8.85. The summed E-state index contributed by atoms with van der Waals surface area (Å²) in [7, 11) is 0. The van der Waals surface area contributed by atoms with Crippen molar-refractivity contribution in [3.05, 3.63) is 94.1 Å². The molecule has 0 saturated carbocycles. The van der Waals surface area contributed by atoms with Crippen LogP contribution in [0.1, 0.15) is 114 Å². The van der Waals surface area contributed by atoms with Crippen molar-refractivity contribution in [2.75, 3.05) is 0 Å². The Morgan fingerprint density at radius 1 is 0.622 bits per heavy atom. The lowest BCUT2D eigenvalue weighted by Gasteiger charge is -2.36. The highest BCUT2D eigenvalue weighted by atomic mass is 16.5. The first-order chi connectivity index (χ1) is 17.9. The zero-order chi connectivity index (χ0) is 26.4.